The molecule has 0 aliphatic rings. The number of hydrogen-bond acceptors (Lipinski definition) is 4. The van der Waals surface area contributed by atoms with E-state index in [4.69, 9.17) is 5.11 Å². The van der Waals surface area contributed by atoms with E-state index < -0.39 is 5.97 Å². The summed E-state index contributed by atoms with van der Waals surface area (Å²) in [5.41, 5.74) is 3.08. The SMILES string of the molecule is Cc1ncc(-c2c(-c3ccccc3)ncn2CC(=O)O)cn1. The van der Waals surface area contributed by atoms with Gasteiger partial charge in [-0.2, -0.15) is 0 Å². The van der Waals surface area contributed by atoms with E-state index in [2.05, 4.69) is 15.0 Å². The van der Waals surface area contributed by atoms with Crippen molar-refractivity contribution in [2.45, 2.75) is 13.5 Å². The molecule has 0 fully saturated rings. The lowest BCUT2D eigenvalue weighted by Crippen LogP contribution is -2.09. The van der Waals surface area contributed by atoms with Crippen molar-refractivity contribution in [2.75, 3.05) is 0 Å². The number of carboxylic acids is 1. The van der Waals surface area contributed by atoms with Gasteiger partial charge in [0.25, 0.3) is 0 Å². The lowest BCUT2D eigenvalue weighted by molar-refractivity contribution is -0.137. The van der Waals surface area contributed by atoms with Crippen molar-refractivity contribution in [3.63, 3.8) is 0 Å². The Morgan fingerprint density at radius 1 is 1.09 bits per heavy atom. The van der Waals surface area contributed by atoms with Gasteiger partial charge in [0.1, 0.15) is 12.4 Å². The van der Waals surface area contributed by atoms with Crippen molar-refractivity contribution in [3.8, 4) is 22.5 Å². The van der Waals surface area contributed by atoms with Crippen molar-refractivity contribution < 1.29 is 9.90 Å². The zero-order chi connectivity index (χ0) is 15.5. The third-order valence-electron chi connectivity index (χ3n) is 3.24. The summed E-state index contributed by atoms with van der Waals surface area (Å²) >= 11 is 0. The third kappa shape index (κ3) is 2.71. The molecule has 2 aromatic heterocycles. The molecule has 0 bridgehead atoms. The molecular formula is C16H14N4O2. The predicted octanol–water partition coefficient (Wildman–Crippen LogP) is 2.40. The fourth-order valence-electron chi connectivity index (χ4n) is 2.27. The smallest absolute Gasteiger partial charge is 0.323 e. The lowest BCUT2D eigenvalue weighted by Gasteiger charge is -2.08. The standard InChI is InChI=1S/C16H14N4O2/c1-11-17-7-13(8-18-11)16-15(12-5-3-2-4-6-12)19-10-20(16)9-14(21)22/h2-8,10H,9H2,1H3,(H,21,22). The Balaban J connectivity index is 2.17. The van der Waals surface area contributed by atoms with E-state index in [1.165, 1.54) is 6.33 Å². The van der Waals surface area contributed by atoms with Crippen LogP contribution in [0, 0.1) is 6.92 Å². The maximum atomic E-state index is 11.1. The highest BCUT2D eigenvalue weighted by Crippen LogP contribution is 2.30. The Kier molecular flexibility index (Phi) is 3.65. The summed E-state index contributed by atoms with van der Waals surface area (Å²) < 4.78 is 1.60. The molecule has 6 heteroatoms. The van der Waals surface area contributed by atoms with E-state index in [1.54, 1.807) is 23.9 Å². The molecule has 3 aromatic rings. The molecule has 1 N–H and O–H groups in total. The van der Waals surface area contributed by atoms with Gasteiger partial charge in [-0.05, 0) is 6.92 Å². The lowest BCUT2D eigenvalue weighted by atomic mass is 10.1. The number of hydrogen-bond donors (Lipinski definition) is 1. The van der Waals surface area contributed by atoms with Gasteiger partial charge in [0.05, 0.1) is 17.7 Å². The fourth-order valence-corrected chi connectivity index (χ4v) is 2.27. The second-order valence-corrected chi connectivity index (χ2v) is 4.85. The van der Waals surface area contributed by atoms with Crippen LogP contribution in [0.5, 0.6) is 0 Å². The topological polar surface area (TPSA) is 80.9 Å². The van der Waals surface area contributed by atoms with Crippen LogP contribution in [0.25, 0.3) is 22.5 Å². The molecule has 2 heterocycles. The van der Waals surface area contributed by atoms with Gasteiger partial charge in [-0.3, -0.25) is 4.79 Å². The number of rotatable bonds is 4. The monoisotopic (exact) mass is 294 g/mol. The number of aryl methyl sites for hydroxylation is 1. The Hall–Kier alpha value is -3.02. The third-order valence-corrected chi connectivity index (χ3v) is 3.24. The number of carboxylic acid groups (broad SMARTS) is 1. The van der Waals surface area contributed by atoms with Crippen LogP contribution in [0.2, 0.25) is 0 Å². The highest BCUT2D eigenvalue weighted by atomic mass is 16.4. The van der Waals surface area contributed by atoms with Crippen molar-refractivity contribution >= 4 is 5.97 Å². The van der Waals surface area contributed by atoms with E-state index in [9.17, 15) is 4.79 Å². The Bertz CT molecular complexity index is 795. The summed E-state index contributed by atoms with van der Waals surface area (Å²) in [4.78, 5) is 23.8. The van der Waals surface area contributed by atoms with E-state index in [0.717, 1.165) is 11.1 Å². The second-order valence-electron chi connectivity index (χ2n) is 4.85. The summed E-state index contributed by atoms with van der Waals surface area (Å²) in [5.74, 6) is -0.263. The second kappa shape index (κ2) is 5.77. The first kappa shape index (κ1) is 13.9. The molecule has 0 saturated heterocycles. The van der Waals surface area contributed by atoms with Crippen LogP contribution >= 0.6 is 0 Å². The van der Waals surface area contributed by atoms with Crippen molar-refractivity contribution in [1.82, 2.24) is 19.5 Å². The molecule has 0 unspecified atom stereocenters. The number of nitrogens with zero attached hydrogens (tertiary/aromatic N) is 4. The Morgan fingerprint density at radius 3 is 2.41 bits per heavy atom. The summed E-state index contributed by atoms with van der Waals surface area (Å²) in [7, 11) is 0. The summed E-state index contributed by atoms with van der Waals surface area (Å²) in [5, 5.41) is 9.08. The largest absolute Gasteiger partial charge is 0.480 e. The minimum absolute atomic E-state index is 0.164. The molecule has 0 saturated carbocycles. The molecule has 0 amide bonds. The van der Waals surface area contributed by atoms with Gasteiger partial charge in [0.15, 0.2) is 0 Å². The van der Waals surface area contributed by atoms with E-state index in [-0.39, 0.29) is 6.54 Å². The maximum absolute atomic E-state index is 11.1. The fraction of sp³-hybridized carbons (Fsp3) is 0.125. The summed E-state index contributed by atoms with van der Waals surface area (Å²) in [6, 6.07) is 9.63. The summed E-state index contributed by atoms with van der Waals surface area (Å²) in [6.07, 6.45) is 4.90. The predicted molar refractivity (Wildman–Crippen MR) is 81.1 cm³/mol. The number of aliphatic carboxylic acids is 1. The van der Waals surface area contributed by atoms with Crippen molar-refractivity contribution in [2.24, 2.45) is 0 Å². The molecule has 0 radical (unpaired) electrons. The molecule has 110 valence electrons. The van der Waals surface area contributed by atoms with Crippen LogP contribution in [0.1, 0.15) is 5.82 Å². The normalized spacial score (nSPS) is 10.6. The molecule has 3 rings (SSSR count). The Morgan fingerprint density at radius 2 is 1.77 bits per heavy atom. The molecule has 0 spiro atoms. The molecule has 22 heavy (non-hydrogen) atoms. The first-order valence-corrected chi connectivity index (χ1v) is 6.76. The minimum Gasteiger partial charge on any atom is -0.480 e. The molecule has 0 aliphatic heterocycles. The number of benzene rings is 1. The quantitative estimate of drug-likeness (QED) is 0.799. The first-order valence-electron chi connectivity index (χ1n) is 6.76. The number of carbonyl (C=O) groups is 1. The van der Waals surface area contributed by atoms with Gasteiger partial charge < -0.3 is 9.67 Å². The Labute approximate surface area is 127 Å². The minimum atomic E-state index is -0.925. The van der Waals surface area contributed by atoms with Crippen LogP contribution < -0.4 is 0 Å². The van der Waals surface area contributed by atoms with Gasteiger partial charge in [0, 0.05) is 23.5 Å². The van der Waals surface area contributed by atoms with Crippen LogP contribution in [0.3, 0.4) is 0 Å². The number of aromatic nitrogens is 4. The van der Waals surface area contributed by atoms with Crippen LogP contribution in [-0.4, -0.2) is 30.6 Å². The molecule has 0 atom stereocenters. The molecule has 0 aliphatic carbocycles. The first-order chi connectivity index (χ1) is 10.6. The van der Waals surface area contributed by atoms with E-state index in [0.29, 0.717) is 17.2 Å². The van der Waals surface area contributed by atoms with Crippen molar-refractivity contribution in [1.29, 1.82) is 0 Å². The van der Waals surface area contributed by atoms with E-state index in [1.807, 2.05) is 30.3 Å². The molecular weight excluding hydrogens is 280 g/mol. The van der Waals surface area contributed by atoms with Gasteiger partial charge in [-0.15, -0.1) is 0 Å². The van der Waals surface area contributed by atoms with E-state index >= 15 is 0 Å². The van der Waals surface area contributed by atoms with Gasteiger partial charge in [0.2, 0.25) is 0 Å². The van der Waals surface area contributed by atoms with Crippen LogP contribution in [0.4, 0.5) is 0 Å². The number of imidazole rings is 1. The summed E-state index contributed by atoms with van der Waals surface area (Å²) in [6.45, 7) is 1.64. The van der Waals surface area contributed by atoms with Crippen LogP contribution in [-0.2, 0) is 11.3 Å². The highest BCUT2D eigenvalue weighted by molar-refractivity contribution is 5.79. The van der Waals surface area contributed by atoms with Gasteiger partial charge >= 0.3 is 5.97 Å². The van der Waals surface area contributed by atoms with Gasteiger partial charge in [-0.1, -0.05) is 30.3 Å². The maximum Gasteiger partial charge on any atom is 0.323 e. The average molecular weight is 294 g/mol. The van der Waals surface area contributed by atoms with Gasteiger partial charge in [-0.25, -0.2) is 15.0 Å². The zero-order valence-electron chi connectivity index (χ0n) is 12.0. The zero-order valence-corrected chi connectivity index (χ0v) is 12.0. The molecule has 1 aromatic carbocycles. The van der Waals surface area contributed by atoms with Crippen molar-refractivity contribution in [3.05, 3.63) is 54.9 Å². The molecule has 6 nitrogen and oxygen atoms in total. The average Bonchev–Trinajstić information content (AvgIpc) is 2.92. The highest BCUT2D eigenvalue weighted by Gasteiger charge is 2.17. The van der Waals surface area contributed by atoms with Crippen LogP contribution in [0.15, 0.2) is 49.1 Å².